The Balaban J connectivity index is 2.77. The minimum atomic E-state index is -4.84. The first-order valence-corrected chi connectivity index (χ1v) is 3.67. The van der Waals surface area contributed by atoms with Crippen LogP contribution in [0.25, 0.3) is 0 Å². The van der Waals surface area contributed by atoms with Crippen molar-refractivity contribution in [3.05, 3.63) is 16.9 Å². The van der Waals surface area contributed by atoms with Crippen molar-refractivity contribution in [2.45, 2.75) is 13.4 Å². The lowest BCUT2D eigenvalue weighted by molar-refractivity contribution is 0.435. The fraction of sp³-hybridized carbons (Fsp3) is 0.400. The first-order valence-electron chi connectivity index (χ1n) is 3.29. The van der Waals surface area contributed by atoms with Crippen LogP contribution in [0.15, 0.2) is 6.20 Å². The second-order valence-electron chi connectivity index (χ2n) is 2.49. The van der Waals surface area contributed by atoms with Crippen LogP contribution < -0.4 is 0 Å². The molecule has 0 bridgehead atoms. The van der Waals surface area contributed by atoms with Crippen molar-refractivity contribution in [1.82, 2.24) is 9.78 Å². The molecule has 0 aromatic carbocycles. The van der Waals surface area contributed by atoms with E-state index in [0.29, 0.717) is 5.69 Å². The molecule has 0 saturated carbocycles. The maximum Gasteiger partial charge on any atom is 0.499 e. The van der Waals surface area contributed by atoms with Crippen molar-refractivity contribution in [3.8, 4) is 0 Å². The molecule has 1 heterocycles. The summed E-state index contributed by atoms with van der Waals surface area (Å²) in [5, 5.41) is 3.84. The quantitative estimate of drug-likeness (QED) is 0.665. The Morgan fingerprint density at radius 1 is 1.58 bits per heavy atom. The largest absolute Gasteiger partial charge is 0.499 e. The highest BCUT2D eigenvalue weighted by Crippen LogP contribution is 2.16. The molecule has 0 spiro atoms. The molecule has 0 aliphatic heterocycles. The van der Waals surface area contributed by atoms with Gasteiger partial charge in [-0.15, -0.1) is 0 Å². The van der Waals surface area contributed by atoms with Gasteiger partial charge in [0.2, 0.25) is 0 Å². The zero-order chi connectivity index (χ0) is 9.35. The molecule has 68 valence electrons. The smallest absolute Gasteiger partial charge is 0.448 e. The van der Waals surface area contributed by atoms with E-state index in [1.165, 1.54) is 6.20 Å². The van der Waals surface area contributed by atoms with E-state index in [1.807, 2.05) is 0 Å². The summed E-state index contributed by atoms with van der Waals surface area (Å²) in [6, 6.07) is 0. The lowest BCUT2D eigenvalue weighted by Gasteiger charge is -2.12. The van der Waals surface area contributed by atoms with Gasteiger partial charge < -0.3 is 12.9 Å². The number of nitrogens with zero attached hydrogens (tertiary/aromatic N) is 2. The van der Waals surface area contributed by atoms with Crippen molar-refractivity contribution in [2.24, 2.45) is 0 Å². The zero-order valence-corrected chi connectivity index (χ0v) is 7.02. The van der Waals surface area contributed by atoms with Gasteiger partial charge in [-0.1, -0.05) is 11.6 Å². The second-order valence-corrected chi connectivity index (χ2v) is 2.90. The molecule has 0 N–H and O–H groups in total. The fourth-order valence-electron chi connectivity index (χ4n) is 0.799. The summed E-state index contributed by atoms with van der Waals surface area (Å²) in [6.45, 7) is -3.28. The molecule has 2 nitrogen and oxygen atoms in total. The molecule has 0 aliphatic rings. The lowest BCUT2D eigenvalue weighted by atomic mass is 9.93. The average Bonchev–Trinajstić information content (AvgIpc) is 2.07. The van der Waals surface area contributed by atoms with Crippen LogP contribution in [0.3, 0.4) is 0 Å². The van der Waals surface area contributed by atoms with Gasteiger partial charge in [-0.2, -0.15) is 5.10 Å². The third-order valence-electron chi connectivity index (χ3n) is 1.28. The molecule has 0 atom stereocenters. The van der Waals surface area contributed by atoms with Crippen molar-refractivity contribution >= 4 is 18.6 Å². The first kappa shape index (κ1) is 9.44. The number of hydrogen-bond acceptors (Lipinski definition) is 1. The van der Waals surface area contributed by atoms with E-state index >= 15 is 0 Å². The molecule has 0 fully saturated rings. The van der Waals surface area contributed by atoms with Crippen molar-refractivity contribution in [3.63, 3.8) is 0 Å². The van der Waals surface area contributed by atoms with E-state index < -0.39 is 13.4 Å². The molecule has 0 unspecified atom stereocenters. The summed E-state index contributed by atoms with van der Waals surface area (Å²) in [5.74, 6) is 0. The minimum absolute atomic E-state index is 0.259. The third kappa shape index (κ3) is 2.44. The molecule has 1 aromatic rings. The molecule has 1 rings (SSSR count). The van der Waals surface area contributed by atoms with Gasteiger partial charge in [0.15, 0.2) is 0 Å². The predicted molar refractivity (Wildman–Crippen MR) is 41.1 cm³/mol. The monoisotopic (exact) mass is 197 g/mol. The molecule has 0 amide bonds. The maximum atomic E-state index is 11.8. The third-order valence-corrected chi connectivity index (χ3v) is 1.65. The number of aromatic nitrogens is 2. The summed E-state index contributed by atoms with van der Waals surface area (Å²) in [4.78, 5) is 0. The average molecular weight is 197 g/mol. The number of aryl methyl sites for hydroxylation is 1. The molecule has 0 saturated heterocycles. The van der Waals surface area contributed by atoms with Crippen LogP contribution in [-0.4, -0.2) is 16.8 Å². The van der Waals surface area contributed by atoms with Gasteiger partial charge in [-0.25, -0.2) is 0 Å². The first-order chi connectivity index (χ1) is 5.38. The van der Waals surface area contributed by atoms with E-state index in [1.54, 1.807) is 6.92 Å². The highest BCUT2D eigenvalue weighted by molar-refractivity contribution is 6.57. The van der Waals surface area contributed by atoms with Gasteiger partial charge in [0, 0.05) is 12.6 Å². The SMILES string of the molecule is Cc1nn(C[B-](F)(F)F)cc1Cl. The van der Waals surface area contributed by atoms with Crippen molar-refractivity contribution in [1.29, 1.82) is 0 Å². The van der Waals surface area contributed by atoms with E-state index in [4.69, 9.17) is 11.6 Å². The Hall–Kier alpha value is -0.645. The van der Waals surface area contributed by atoms with Crippen LogP contribution in [-0.2, 0) is 6.44 Å². The Kier molecular flexibility index (Phi) is 2.37. The van der Waals surface area contributed by atoms with E-state index in [0.717, 1.165) is 4.68 Å². The lowest BCUT2D eigenvalue weighted by Crippen LogP contribution is -2.24. The van der Waals surface area contributed by atoms with Crippen LogP contribution in [0.5, 0.6) is 0 Å². The Labute approximate surface area is 72.4 Å². The summed E-state index contributed by atoms with van der Waals surface area (Å²) in [5.41, 5.74) is 0.414. The van der Waals surface area contributed by atoms with E-state index in [2.05, 4.69) is 5.10 Å². The number of halogens is 4. The highest BCUT2D eigenvalue weighted by Gasteiger charge is 2.24. The summed E-state index contributed by atoms with van der Waals surface area (Å²) < 4.78 is 36.3. The van der Waals surface area contributed by atoms with Gasteiger partial charge in [0.1, 0.15) is 0 Å². The number of hydrogen-bond donors (Lipinski definition) is 0. The molecule has 7 heteroatoms. The second kappa shape index (κ2) is 3.01. The zero-order valence-electron chi connectivity index (χ0n) is 6.27. The van der Waals surface area contributed by atoms with Gasteiger partial charge in [-0.3, -0.25) is 4.68 Å². The van der Waals surface area contributed by atoms with Gasteiger partial charge in [-0.05, 0) is 6.92 Å². The van der Waals surface area contributed by atoms with Crippen LogP contribution in [0.1, 0.15) is 5.69 Å². The van der Waals surface area contributed by atoms with Crippen LogP contribution in [0.2, 0.25) is 5.02 Å². The summed E-state index contributed by atoms with van der Waals surface area (Å²) >= 11 is 5.51. The highest BCUT2D eigenvalue weighted by atomic mass is 35.5. The normalized spacial score (nSPS) is 12.1. The topological polar surface area (TPSA) is 17.8 Å². The molecular formula is C5H6BClF3N2-. The van der Waals surface area contributed by atoms with Gasteiger partial charge in [0.25, 0.3) is 0 Å². The Morgan fingerprint density at radius 2 is 2.17 bits per heavy atom. The Bertz CT molecular complexity index is 263. The minimum Gasteiger partial charge on any atom is -0.448 e. The molecule has 0 aliphatic carbocycles. The predicted octanol–water partition coefficient (Wildman–Crippen LogP) is 2.23. The van der Waals surface area contributed by atoms with Gasteiger partial charge >= 0.3 is 6.98 Å². The van der Waals surface area contributed by atoms with E-state index in [-0.39, 0.29) is 5.02 Å². The summed E-state index contributed by atoms with van der Waals surface area (Å²) in [6.07, 6.45) is 0.139. The molecule has 1 aromatic heterocycles. The molecule has 0 radical (unpaired) electrons. The van der Waals surface area contributed by atoms with Crippen LogP contribution in [0.4, 0.5) is 12.9 Å². The van der Waals surface area contributed by atoms with Crippen LogP contribution >= 0.6 is 11.6 Å². The van der Waals surface area contributed by atoms with Crippen LogP contribution in [0, 0.1) is 6.92 Å². The van der Waals surface area contributed by atoms with Crippen molar-refractivity contribution in [2.75, 3.05) is 0 Å². The van der Waals surface area contributed by atoms with Gasteiger partial charge in [0.05, 0.1) is 10.7 Å². The Morgan fingerprint density at radius 3 is 2.50 bits per heavy atom. The maximum absolute atomic E-state index is 11.8. The summed E-state index contributed by atoms with van der Waals surface area (Å²) in [7, 11) is 0. The van der Waals surface area contributed by atoms with E-state index in [9.17, 15) is 12.9 Å². The molecular weight excluding hydrogens is 191 g/mol. The number of rotatable bonds is 2. The fourth-order valence-corrected chi connectivity index (χ4v) is 0.950. The standard InChI is InChI=1S/C5H6BClF3N2/c1-4-5(7)2-12(11-4)3-6(8,9)10/h2H,3H2,1H3/q-1. The molecule has 12 heavy (non-hydrogen) atoms. The van der Waals surface area contributed by atoms with Crippen molar-refractivity contribution < 1.29 is 12.9 Å².